The summed E-state index contributed by atoms with van der Waals surface area (Å²) in [6.07, 6.45) is 5.31. The molecule has 0 unspecified atom stereocenters. The number of hydrogen-bond acceptors (Lipinski definition) is 3. The number of rotatable bonds is 4. The lowest BCUT2D eigenvalue weighted by atomic mass is 10.1. The van der Waals surface area contributed by atoms with E-state index in [-0.39, 0.29) is 11.8 Å². The van der Waals surface area contributed by atoms with Crippen molar-refractivity contribution in [2.45, 2.75) is 32.1 Å². The second-order valence-corrected chi connectivity index (χ2v) is 7.24. The van der Waals surface area contributed by atoms with Crippen LogP contribution in [0.2, 0.25) is 0 Å². The lowest BCUT2D eigenvalue weighted by Gasteiger charge is -2.28. The van der Waals surface area contributed by atoms with E-state index in [2.05, 4.69) is 22.3 Å². The van der Waals surface area contributed by atoms with Gasteiger partial charge in [-0.25, -0.2) is 0 Å². The first-order chi connectivity index (χ1) is 13.2. The minimum absolute atomic E-state index is 0.139. The van der Waals surface area contributed by atoms with E-state index in [1.165, 1.54) is 24.9 Å². The number of nitrogens with one attached hydrogen (secondary N) is 1. The second kappa shape index (κ2) is 7.82. The topological polar surface area (TPSA) is 52.7 Å². The highest BCUT2D eigenvalue weighted by molar-refractivity contribution is 6.05. The van der Waals surface area contributed by atoms with E-state index in [1.54, 1.807) is 17.0 Å². The normalized spacial score (nSPS) is 17.3. The Balaban J connectivity index is 1.39. The van der Waals surface area contributed by atoms with E-state index in [1.807, 2.05) is 24.3 Å². The lowest BCUT2D eigenvalue weighted by Crippen LogP contribution is -2.29. The molecule has 140 valence electrons. The molecule has 2 aliphatic heterocycles. The van der Waals surface area contributed by atoms with Crippen LogP contribution in [0.5, 0.6) is 0 Å². The van der Waals surface area contributed by atoms with Crippen molar-refractivity contribution in [3.63, 3.8) is 0 Å². The Morgan fingerprint density at radius 3 is 2.07 bits per heavy atom. The molecule has 5 nitrogen and oxygen atoms in total. The highest BCUT2D eigenvalue weighted by atomic mass is 16.2. The van der Waals surface area contributed by atoms with Crippen molar-refractivity contribution in [1.82, 2.24) is 0 Å². The molecular formula is C22H25N3O2. The van der Waals surface area contributed by atoms with Crippen molar-refractivity contribution in [2.75, 3.05) is 34.8 Å². The zero-order valence-electron chi connectivity index (χ0n) is 15.5. The van der Waals surface area contributed by atoms with Gasteiger partial charge in [0, 0.05) is 48.7 Å². The van der Waals surface area contributed by atoms with Crippen LogP contribution in [0.25, 0.3) is 0 Å². The number of nitrogens with zero attached hydrogens (tertiary/aromatic N) is 2. The minimum atomic E-state index is -0.139. The highest BCUT2D eigenvalue weighted by Gasteiger charge is 2.21. The van der Waals surface area contributed by atoms with Gasteiger partial charge in [-0.1, -0.05) is 0 Å². The fourth-order valence-electron chi connectivity index (χ4n) is 3.82. The molecule has 2 aromatic carbocycles. The molecule has 2 fully saturated rings. The van der Waals surface area contributed by atoms with Gasteiger partial charge in [-0.15, -0.1) is 0 Å². The summed E-state index contributed by atoms with van der Waals surface area (Å²) in [4.78, 5) is 28.5. The molecular weight excluding hydrogens is 338 g/mol. The Bertz CT molecular complexity index is 808. The van der Waals surface area contributed by atoms with Crippen molar-refractivity contribution in [2.24, 2.45) is 0 Å². The summed E-state index contributed by atoms with van der Waals surface area (Å²) in [5.74, 6) is 0.0148. The molecule has 0 spiro atoms. The maximum Gasteiger partial charge on any atom is 0.255 e. The molecule has 4 rings (SSSR count). The standard InChI is InChI=1S/C22H25N3O2/c26-21-5-4-16-25(21)20-10-6-17(7-11-20)22(27)23-18-8-12-19(13-9-18)24-14-2-1-3-15-24/h6-13H,1-5,14-16H2,(H,23,27). The molecule has 0 aliphatic carbocycles. The van der Waals surface area contributed by atoms with Crippen molar-refractivity contribution in [3.05, 3.63) is 54.1 Å². The predicted octanol–water partition coefficient (Wildman–Crippen LogP) is 4.06. The van der Waals surface area contributed by atoms with Crippen LogP contribution in [0.4, 0.5) is 17.1 Å². The third-order valence-electron chi connectivity index (χ3n) is 5.36. The number of hydrogen-bond donors (Lipinski definition) is 1. The molecule has 0 bridgehead atoms. The van der Waals surface area contributed by atoms with Crippen LogP contribution in [0.15, 0.2) is 48.5 Å². The Hall–Kier alpha value is -2.82. The summed E-state index contributed by atoms with van der Waals surface area (Å²) in [6, 6.07) is 15.3. The SMILES string of the molecule is O=C(Nc1ccc(N2CCCCC2)cc1)c1ccc(N2CCCC2=O)cc1. The fraction of sp³-hybridized carbons (Fsp3) is 0.364. The molecule has 5 heteroatoms. The maximum absolute atomic E-state index is 12.5. The van der Waals surface area contributed by atoms with E-state index in [0.717, 1.165) is 37.4 Å². The highest BCUT2D eigenvalue weighted by Crippen LogP contribution is 2.24. The molecule has 27 heavy (non-hydrogen) atoms. The lowest BCUT2D eigenvalue weighted by molar-refractivity contribution is -0.117. The first-order valence-electron chi connectivity index (χ1n) is 9.77. The van der Waals surface area contributed by atoms with Crippen LogP contribution in [-0.2, 0) is 4.79 Å². The molecule has 2 amide bonds. The van der Waals surface area contributed by atoms with Gasteiger partial charge < -0.3 is 15.1 Å². The average molecular weight is 363 g/mol. The molecule has 0 radical (unpaired) electrons. The summed E-state index contributed by atoms with van der Waals surface area (Å²) in [7, 11) is 0. The smallest absolute Gasteiger partial charge is 0.255 e. The van der Waals surface area contributed by atoms with Crippen molar-refractivity contribution in [3.8, 4) is 0 Å². The maximum atomic E-state index is 12.5. The first kappa shape index (κ1) is 17.6. The first-order valence-corrected chi connectivity index (χ1v) is 9.77. The van der Waals surface area contributed by atoms with Gasteiger partial charge in [-0.2, -0.15) is 0 Å². The Labute approximate surface area is 160 Å². The summed E-state index contributed by atoms with van der Waals surface area (Å²) in [5, 5.41) is 2.95. The molecule has 2 aliphatic rings. The van der Waals surface area contributed by atoms with E-state index in [9.17, 15) is 9.59 Å². The summed E-state index contributed by atoms with van der Waals surface area (Å²) < 4.78 is 0. The van der Waals surface area contributed by atoms with Gasteiger partial charge in [0.25, 0.3) is 5.91 Å². The van der Waals surface area contributed by atoms with Gasteiger partial charge in [-0.05, 0) is 74.2 Å². The van der Waals surface area contributed by atoms with Crippen molar-refractivity contribution >= 4 is 28.9 Å². The quantitative estimate of drug-likeness (QED) is 0.891. The van der Waals surface area contributed by atoms with Crippen LogP contribution in [0, 0.1) is 0 Å². The van der Waals surface area contributed by atoms with E-state index >= 15 is 0 Å². The average Bonchev–Trinajstić information content (AvgIpc) is 3.15. The third kappa shape index (κ3) is 3.97. The van der Waals surface area contributed by atoms with Crippen LogP contribution in [-0.4, -0.2) is 31.4 Å². The molecule has 0 aromatic heterocycles. The molecule has 0 atom stereocenters. The molecule has 2 heterocycles. The molecule has 1 N–H and O–H groups in total. The fourth-order valence-corrected chi connectivity index (χ4v) is 3.82. The minimum Gasteiger partial charge on any atom is -0.372 e. The Kier molecular flexibility index (Phi) is 5.10. The van der Waals surface area contributed by atoms with Crippen LogP contribution < -0.4 is 15.1 Å². The number of carbonyl (C=O) groups is 2. The Morgan fingerprint density at radius 1 is 0.778 bits per heavy atom. The van der Waals surface area contributed by atoms with E-state index < -0.39 is 0 Å². The summed E-state index contributed by atoms with van der Waals surface area (Å²) in [6.45, 7) is 2.98. The van der Waals surface area contributed by atoms with Gasteiger partial charge in [0.15, 0.2) is 0 Å². The van der Waals surface area contributed by atoms with Gasteiger partial charge in [0.05, 0.1) is 0 Å². The zero-order valence-corrected chi connectivity index (χ0v) is 15.5. The van der Waals surface area contributed by atoms with E-state index in [4.69, 9.17) is 0 Å². The van der Waals surface area contributed by atoms with E-state index in [0.29, 0.717) is 12.0 Å². The largest absolute Gasteiger partial charge is 0.372 e. The monoisotopic (exact) mass is 363 g/mol. The van der Waals surface area contributed by atoms with Gasteiger partial charge in [0.2, 0.25) is 5.91 Å². The Morgan fingerprint density at radius 2 is 1.44 bits per heavy atom. The van der Waals surface area contributed by atoms with Gasteiger partial charge in [-0.3, -0.25) is 9.59 Å². The third-order valence-corrected chi connectivity index (χ3v) is 5.36. The number of piperidine rings is 1. The van der Waals surface area contributed by atoms with Crippen LogP contribution >= 0.6 is 0 Å². The number of anilines is 3. The number of benzene rings is 2. The summed E-state index contributed by atoms with van der Waals surface area (Å²) >= 11 is 0. The number of amides is 2. The molecule has 0 saturated carbocycles. The predicted molar refractivity (Wildman–Crippen MR) is 108 cm³/mol. The molecule has 2 saturated heterocycles. The second-order valence-electron chi connectivity index (χ2n) is 7.24. The summed E-state index contributed by atoms with van der Waals surface area (Å²) in [5.41, 5.74) is 3.46. The molecule has 2 aromatic rings. The van der Waals surface area contributed by atoms with Crippen LogP contribution in [0.3, 0.4) is 0 Å². The van der Waals surface area contributed by atoms with Crippen LogP contribution in [0.1, 0.15) is 42.5 Å². The van der Waals surface area contributed by atoms with Crippen molar-refractivity contribution < 1.29 is 9.59 Å². The van der Waals surface area contributed by atoms with Gasteiger partial charge in [0.1, 0.15) is 0 Å². The van der Waals surface area contributed by atoms with Crippen molar-refractivity contribution in [1.29, 1.82) is 0 Å². The number of carbonyl (C=O) groups excluding carboxylic acids is 2. The zero-order chi connectivity index (χ0) is 18.6. The van der Waals surface area contributed by atoms with Gasteiger partial charge >= 0.3 is 0 Å².